The summed E-state index contributed by atoms with van der Waals surface area (Å²) in [7, 11) is 0. The highest BCUT2D eigenvalue weighted by atomic mass is 16.2. The second-order valence-corrected chi connectivity index (χ2v) is 2.36. The Balaban J connectivity index is 3.25. The molecule has 1 radical (unpaired) electrons. The molecule has 0 N–H and O–H groups in total. The molecule has 0 aliphatic carbocycles. The molecule has 1 heteroatoms. The van der Waals surface area contributed by atoms with Crippen LogP contribution in [0.1, 0.15) is 26.7 Å². The number of allylic oxidation sites excluding steroid dienone is 1. The maximum Gasteiger partial charge on any atom is 0.100 e. The summed E-state index contributed by atoms with van der Waals surface area (Å²) < 4.78 is 0. The molecule has 0 bridgehead atoms. The van der Waals surface area contributed by atoms with Crippen molar-refractivity contribution in [3.05, 3.63) is 12.2 Å². The van der Waals surface area contributed by atoms with Crippen LogP contribution in [0, 0.1) is 5.92 Å². The predicted octanol–water partition coefficient (Wildman–Crippen LogP) is 2.41. The molecular formula is C8H15O. The van der Waals surface area contributed by atoms with E-state index in [1.807, 2.05) is 6.08 Å². The first-order valence-corrected chi connectivity index (χ1v) is 3.56. The van der Waals surface area contributed by atoms with E-state index in [1.165, 1.54) is 12.8 Å². The van der Waals surface area contributed by atoms with Gasteiger partial charge in [-0.05, 0) is 12.3 Å². The first-order valence-electron chi connectivity index (χ1n) is 3.56. The first-order chi connectivity index (χ1) is 4.31. The normalized spacial score (nSPS) is 14.6. The van der Waals surface area contributed by atoms with Gasteiger partial charge in [0.1, 0.15) is 6.61 Å². The van der Waals surface area contributed by atoms with E-state index in [4.69, 9.17) is 0 Å². The Morgan fingerprint density at radius 2 is 2.22 bits per heavy atom. The van der Waals surface area contributed by atoms with Gasteiger partial charge in [-0.25, -0.2) is 5.11 Å². The van der Waals surface area contributed by atoms with Crippen molar-refractivity contribution < 1.29 is 5.11 Å². The maximum absolute atomic E-state index is 9.95. The fourth-order valence-corrected chi connectivity index (χ4v) is 0.839. The van der Waals surface area contributed by atoms with Crippen LogP contribution in [0.25, 0.3) is 0 Å². The van der Waals surface area contributed by atoms with E-state index in [-0.39, 0.29) is 6.61 Å². The summed E-state index contributed by atoms with van der Waals surface area (Å²) in [6.45, 7) is 4.21. The summed E-state index contributed by atoms with van der Waals surface area (Å²) in [5.74, 6) is 0.587. The number of hydrogen-bond acceptors (Lipinski definition) is 0. The minimum absolute atomic E-state index is 0.0753. The molecule has 1 atom stereocenters. The molecule has 0 aliphatic heterocycles. The molecule has 0 rings (SSSR count). The van der Waals surface area contributed by atoms with Crippen LogP contribution in [0.4, 0.5) is 0 Å². The highest BCUT2D eigenvalue weighted by Gasteiger charge is 1.91. The lowest BCUT2D eigenvalue weighted by Crippen LogP contribution is -1.87. The highest BCUT2D eigenvalue weighted by Crippen LogP contribution is 2.05. The maximum atomic E-state index is 9.95. The lowest BCUT2D eigenvalue weighted by Gasteiger charge is -2.00. The molecule has 9 heavy (non-hydrogen) atoms. The van der Waals surface area contributed by atoms with Crippen LogP contribution in [0.15, 0.2) is 12.2 Å². The minimum Gasteiger partial charge on any atom is -0.232 e. The predicted molar refractivity (Wildman–Crippen MR) is 38.8 cm³/mol. The standard InChI is InChI=1S/C8H15O/c1-3-5-8(2)6-4-7-9/h4,6,8H,3,5,7H2,1-2H3. The van der Waals surface area contributed by atoms with Gasteiger partial charge in [-0.2, -0.15) is 0 Å². The fourth-order valence-electron chi connectivity index (χ4n) is 0.839. The van der Waals surface area contributed by atoms with Gasteiger partial charge >= 0.3 is 0 Å². The van der Waals surface area contributed by atoms with Gasteiger partial charge in [0.05, 0.1) is 0 Å². The molecule has 0 aromatic carbocycles. The van der Waals surface area contributed by atoms with Crippen molar-refractivity contribution in [1.29, 1.82) is 0 Å². The van der Waals surface area contributed by atoms with Crippen LogP contribution in [0.5, 0.6) is 0 Å². The van der Waals surface area contributed by atoms with E-state index in [0.29, 0.717) is 5.92 Å². The van der Waals surface area contributed by atoms with Crippen LogP contribution in [0.3, 0.4) is 0 Å². The summed E-state index contributed by atoms with van der Waals surface area (Å²) in [4.78, 5) is 0. The average Bonchev–Trinajstić information content (AvgIpc) is 1.85. The highest BCUT2D eigenvalue weighted by molar-refractivity contribution is 4.85. The third kappa shape index (κ3) is 5.57. The van der Waals surface area contributed by atoms with Crippen LogP contribution >= 0.6 is 0 Å². The monoisotopic (exact) mass is 127 g/mol. The molecule has 0 aromatic heterocycles. The van der Waals surface area contributed by atoms with E-state index in [9.17, 15) is 5.11 Å². The summed E-state index contributed by atoms with van der Waals surface area (Å²) in [6.07, 6.45) is 6.08. The van der Waals surface area contributed by atoms with Gasteiger partial charge in [-0.3, -0.25) is 0 Å². The molecule has 1 unspecified atom stereocenters. The molecule has 0 amide bonds. The van der Waals surface area contributed by atoms with Crippen molar-refractivity contribution in [2.45, 2.75) is 26.7 Å². The lowest BCUT2D eigenvalue weighted by atomic mass is 10.1. The zero-order chi connectivity index (χ0) is 7.11. The van der Waals surface area contributed by atoms with Gasteiger partial charge in [0.25, 0.3) is 0 Å². The number of hydrogen-bond donors (Lipinski definition) is 0. The van der Waals surface area contributed by atoms with E-state index >= 15 is 0 Å². The van der Waals surface area contributed by atoms with Crippen LogP contribution in [0.2, 0.25) is 0 Å². The van der Waals surface area contributed by atoms with Gasteiger partial charge in [0, 0.05) is 0 Å². The summed E-state index contributed by atoms with van der Waals surface area (Å²) in [5.41, 5.74) is 0. The second kappa shape index (κ2) is 5.83. The van der Waals surface area contributed by atoms with Gasteiger partial charge in [0.15, 0.2) is 0 Å². The third-order valence-corrected chi connectivity index (χ3v) is 1.30. The minimum atomic E-state index is -0.0753. The van der Waals surface area contributed by atoms with Crippen molar-refractivity contribution in [3.63, 3.8) is 0 Å². The van der Waals surface area contributed by atoms with Gasteiger partial charge in [-0.15, -0.1) is 0 Å². The van der Waals surface area contributed by atoms with Gasteiger partial charge in [-0.1, -0.05) is 32.4 Å². The Bertz CT molecular complexity index is 76.6. The molecule has 0 aromatic rings. The smallest absolute Gasteiger partial charge is 0.100 e. The Morgan fingerprint density at radius 1 is 1.56 bits per heavy atom. The van der Waals surface area contributed by atoms with Crippen LogP contribution < -0.4 is 0 Å². The molecule has 0 saturated heterocycles. The zero-order valence-corrected chi connectivity index (χ0v) is 6.26. The second-order valence-electron chi connectivity index (χ2n) is 2.36. The van der Waals surface area contributed by atoms with E-state index < -0.39 is 0 Å². The number of rotatable bonds is 4. The van der Waals surface area contributed by atoms with E-state index in [0.717, 1.165) is 0 Å². The summed E-state index contributed by atoms with van der Waals surface area (Å²) in [6, 6.07) is 0. The van der Waals surface area contributed by atoms with Crippen molar-refractivity contribution >= 4 is 0 Å². The van der Waals surface area contributed by atoms with Crippen molar-refractivity contribution in [1.82, 2.24) is 0 Å². The quantitative estimate of drug-likeness (QED) is 0.517. The van der Waals surface area contributed by atoms with Gasteiger partial charge in [0.2, 0.25) is 0 Å². The third-order valence-electron chi connectivity index (χ3n) is 1.30. The Kier molecular flexibility index (Phi) is 5.64. The fraction of sp³-hybridized carbons (Fsp3) is 0.750. The average molecular weight is 127 g/mol. The van der Waals surface area contributed by atoms with Crippen LogP contribution in [-0.2, 0) is 5.11 Å². The van der Waals surface area contributed by atoms with Gasteiger partial charge < -0.3 is 0 Å². The lowest BCUT2D eigenvalue weighted by molar-refractivity contribution is 0.231. The summed E-state index contributed by atoms with van der Waals surface area (Å²) in [5, 5.41) is 9.95. The van der Waals surface area contributed by atoms with Crippen molar-refractivity contribution in [2.24, 2.45) is 5.92 Å². The van der Waals surface area contributed by atoms with Crippen molar-refractivity contribution in [3.8, 4) is 0 Å². The molecule has 0 spiro atoms. The molecule has 53 valence electrons. The van der Waals surface area contributed by atoms with E-state index in [1.54, 1.807) is 6.08 Å². The Labute approximate surface area is 57.4 Å². The Hall–Kier alpha value is -0.300. The Morgan fingerprint density at radius 3 is 2.67 bits per heavy atom. The molecule has 0 aliphatic rings. The topological polar surface area (TPSA) is 19.9 Å². The van der Waals surface area contributed by atoms with Crippen LogP contribution in [-0.4, -0.2) is 6.61 Å². The summed E-state index contributed by atoms with van der Waals surface area (Å²) >= 11 is 0. The molecule has 1 nitrogen and oxygen atoms in total. The molecule has 0 heterocycles. The molecule has 0 saturated carbocycles. The first kappa shape index (κ1) is 8.70. The zero-order valence-electron chi connectivity index (χ0n) is 6.26. The molecular weight excluding hydrogens is 112 g/mol. The van der Waals surface area contributed by atoms with Crippen molar-refractivity contribution in [2.75, 3.05) is 6.61 Å². The molecule has 0 fully saturated rings. The SMILES string of the molecule is CCCC(C)C=CC[O]. The largest absolute Gasteiger partial charge is 0.232 e. The van der Waals surface area contributed by atoms with E-state index in [2.05, 4.69) is 13.8 Å².